The van der Waals surface area contributed by atoms with Gasteiger partial charge >= 0.3 is 0 Å². The van der Waals surface area contributed by atoms with Crippen LogP contribution in [0.25, 0.3) is 5.65 Å². The molecular formula is C18H20N4O3S2. The van der Waals surface area contributed by atoms with E-state index in [9.17, 15) is 13.2 Å². The molecule has 0 saturated carbocycles. The lowest BCUT2D eigenvalue weighted by molar-refractivity contribution is 0.0937. The van der Waals surface area contributed by atoms with Gasteiger partial charge in [0, 0.05) is 32.0 Å². The van der Waals surface area contributed by atoms with Crippen LogP contribution in [0.15, 0.2) is 52.3 Å². The zero-order valence-corrected chi connectivity index (χ0v) is 16.2. The highest BCUT2D eigenvalue weighted by atomic mass is 32.2. The van der Waals surface area contributed by atoms with Crippen LogP contribution in [0, 0.1) is 5.92 Å². The number of sulfonamides is 1. The first kappa shape index (κ1) is 18.1. The number of imidazole rings is 1. The Hall–Kier alpha value is -2.23. The van der Waals surface area contributed by atoms with E-state index in [1.54, 1.807) is 28.0 Å². The van der Waals surface area contributed by atoms with E-state index in [0.717, 1.165) is 18.5 Å². The van der Waals surface area contributed by atoms with Gasteiger partial charge in [-0.2, -0.15) is 4.31 Å². The maximum Gasteiger partial charge on any atom is 0.271 e. The number of piperidine rings is 1. The second kappa shape index (κ2) is 7.41. The summed E-state index contributed by atoms with van der Waals surface area (Å²) in [5.74, 6) is 0.0631. The van der Waals surface area contributed by atoms with Crippen molar-refractivity contribution in [3.05, 3.63) is 53.8 Å². The van der Waals surface area contributed by atoms with Crippen molar-refractivity contribution in [1.29, 1.82) is 0 Å². The van der Waals surface area contributed by atoms with E-state index in [1.807, 2.05) is 28.8 Å². The lowest BCUT2D eigenvalue weighted by Crippen LogP contribution is -2.41. The largest absolute Gasteiger partial charge is 0.350 e. The molecule has 3 aromatic heterocycles. The van der Waals surface area contributed by atoms with Gasteiger partial charge in [0.25, 0.3) is 15.9 Å². The highest BCUT2D eigenvalue weighted by Crippen LogP contribution is 2.26. The normalized spacial score (nSPS) is 16.6. The molecule has 0 unspecified atom stereocenters. The Morgan fingerprint density at radius 2 is 2.04 bits per heavy atom. The molecule has 0 radical (unpaired) electrons. The van der Waals surface area contributed by atoms with E-state index >= 15 is 0 Å². The molecule has 1 fully saturated rings. The van der Waals surface area contributed by atoms with Gasteiger partial charge in [0.05, 0.1) is 0 Å². The number of thiophene rings is 1. The molecule has 1 saturated heterocycles. The molecule has 7 nitrogen and oxygen atoms in total. The molecular weight excluding hydrogens is 384 g/mol. The number of pyridine rings is 1. The highest BCUT2D eigenvalue weighted by molar-refractivity contribution is 7.91. The van der Waals surface area contributed by atoms with Crippen LogP contribution >= 0.6 is 11.3 Å². The predicted molar refractivity (Wildman–Crippen MR) is 103 cm³/mol. The molecule has 0 aliphatic carbocycles. The maximum absolute atomic E-state index is 12.5. The number of nitrogens with one attached hydrogen (secondary N) is 1. The third kappa shape index (κ3) is 3.76. The van der Waals surface area contributed by atoms with Crippen molar-refractivity contribution in [3.63, 3.8) is 0 Å². The van der Waals surface area contributed by atoms with Crippen LogP contribution in [0.1, 0.15) is 23.3 Å². The van der Waals surface area contributed by atoms with E-state index < -0.39 is 10.0 Å². The summed E-state index contributed by atoms with van der Waals surface area (Å²) in [5, 5.41) is 4.70. The standard InChI is InChI=1S/C18H20N4O3S2/c23-18(15-13-21-8-2-1-4-16(21)20-15)19-12-14-6-9-22(10-7-14)27(24,25)17-5-3-11-26-17/h1-5,8,11,13-14H,6-7,9-10,12H2,(H,19,23). The molecule has 142 valence electrons. The molecule has 1 N–H and O–H groups in total. The summed E-state index contributed by atoms with van der Waals surface area (Å²) in [5.41, 5.74) is 1.12. The molecule has 1 aliphatic heterocycles. The Kier molecular flexibility index (Phi) is 4.98. The van der Waals surface area contributed by atoms with Crippen LogP contribution in [0.4, 0.5) is 0 Å². The van der Waals surface area contributed by atoms with Crippen LogP contribution in [-0.2, 0) is 10.0 Å². The minimum atomic E-state index is -3.38. The monoisotopic (exact) mass is 404 g/mol. The summed E-state index contributed by atoms with van der Waals surface area (Å²) in [6.45, 7) is 1.49. The van der Waals surface area contributed by atoms with Gasteiger partial charge in [-0.1, -0.05) is 12.1 Å². The summed E-state index contributed by atoms with van der Waals surface area (Å²) in [4.78, 5) is 16.7. The van der Waals surface area contributed by atoms with Gasteiger partial charge in [-0.15, -0.1) is 11.3 Å². The summed E-state index contributed by atoms with van der Waals surface area (Å²) >= 11 is 1.24. The molecule has 0 aromatic carbocycles. The Morgan fingerprint density at radius 1 is 1.22 bits per heavy atom. The first-order chi connectivity index (χ1) is 13.0. The van der Waals surface area contributed by atoms with Gasteiger partial charge in [-0.05, 0) is 42.3 Å². The molecule has 4 heterocycles. The molecule has 4 rings (SSSR count). The molecule has 27 heavy (non-hydrogen) atoms. The summed E-state index contributed by atoms with van der Waals surface area (Å²) in [7, 11) is -3.38. The zero-order chi connectivity index (χ0) is 18.9. The minimum Gasteiger partial charge on any atom is -0.350 e. The van der Waals surface area contributed by atoms with Crippen LogP contribution < -0.4 is 5.32 Å². The van der Waals surface area contributed by atoms with Crippen molar-refractivity contribution in [2.45, 2.75) is 17.1 Å². The topological polar surface area (TPSA) is 83.8 Å². The Labute approximate surface area is 161 Å². The van der Waals surface area contributed by atoms with Crippen molar-refractivity contribution in [3.8, 4) is 0 Å². The number of carbonyl (C=O) groups excluding carboxylic acids is 1. The van der Waals surface area contributed by atoms with Crippen molar-refractivity contribution in [2.24, 2.45) is 5.92 Å². The first-order valence-electron chi connectivity index (χ1n) is 8.79. The number of aromatic nitrogens is 2. The number of rotatable bonds is 5. The number of amides is 1. The van der Waals surface area contributed by atoms with E-state index in [1.165, 1.54) is 11.3 Å². The molecule has 0 spiro atoms. The van der Waals surface area contributed by atoms with Crippen molar-refractivity contribution < 1.29 is 13.2 Å². The molecule has 0 atom stereocenters. The van der Waals surface area contributed by atoms with E-state index in [-0.39, 0.29) is 11.8 Å². The fraction of sp³-hybridized carbons (Fsp3) is 0.333. The van der Waals surface area contributed by atoms with Crippen molar-refractivity contribution >= 4 is 32.9 Å². The van der Waals surface area contributed by atoms with E-state index in [4.69, 9.17) is 0 Å². The van der Waals surface area contributed by atoms with Gasteiger partial charge in [0.1, 0.15) is 15.6 Å². The fourth-order valence-electron chi connectivity index (χ4n) is 3.26. The molecule has 1 amide bonds. The molecule has 3 aromatic rings. The maximum atomic E-state index is 12.5. The number of fused-ring (bicyclic) bond motifs is 1. The SMILES string of the molecule is O=C(NCC1CCN(S(=O)(=O)c2cccs2)CC1)c1cn2ccccc2n1. The van der Waals surface area contributed by atoms with E-state index in [2.05, 4.69) is 10.3 Å². The van der Waals surface area contributed by atoms with Gasteiger partial charge < -0.3 is 9.72 Å². The molecule has 9 heteroatoms. The second-order valence-electron chi connectivity index (χ2n) is 6.58. The Balaban J connectivity index is 1.31. The Morgan fingerprint density at radius 3 is 2.74 bits per heavy atom. The van der Waals surface area contributed by atoms with Gasteiger partial charge in [-0.3, -0.25) is 4.79 Å². The highest BCUT2D eigenvalue weighted by Gasteiger charge is 2.30. The van der Waals surface area contributed by atoms with Crippen molar-refractivity contribution in [2.75, 3.05) is 19.6 Å². The number of hydrogen-bond donors (Lipinski definition) is 1. The Bertz CT molecular complexity index is 1000. The van der Waals surface area contributed by atoms with E-state index in [0.29, 0.717) is 29.5 Å². The minimum absolute atomic E-state index is 0.202. The summed E-state index contributed by atoms with van der Waals surface area (Å²) in [6, 6.07) is 9.00. The van der Waals surface area contributed by atoms with Crippen LogP contribution in [-0.4, -0.2) is 47.6 Å². The number of hydrogen-bond acceptors (Lipinski definition) is 5. The van der Waals surface area contributed by atoms with Crippen molar-refractivity contribution in [1.82, 2.24) is 19.0 Å². The smallest absolute Gasteiger partial charge is 0.271 e. The van der Waals surface area contributed by atoms with Gasteiger partial charge in [0.2, 0.25) is 0 Å². The van der Waals surface area contributed by atoms with Gasteiger partial charge in [0.15, 0.2) is 0 Å². The van der Waals surface area contributed by atoms with Crippen LogP contribution in [0.3, 0.4) is 0 Å². The second-order valence-corrected chi connectivity index (χ2v) is 9.69. The zero-order valence-electron chi connectivity index (χ0n) is 14.6. The average Bonchev–Trinajstić information content (AvgIpc) is 3.36. The lowest BCUT2D eigenvalue weighted by Gasteiger charge is -2.30. The quantitative estimate of drug-likeness (QED) is 0.707. The molecule has 1 aliphatic rings. The molecule has 0 bridgehead atoms. The lowest BCUT2D eigenvalue weighted by atomic mass is 9.98. The van der Waals surface area contributed by atoms with Crippen LogP contribution in [0.2, 0.25) is 0 Å². The van der Waals surface area contributed by atoms with Gasteiger partial charge in [-0.25, -0.2) is 13.4 Å². The summed E-state index contributed by atoms with van der Waals surface area (Å²) < 4.78 is 28.8. The first-order valence-corrected chi connectivity index (χ1v) is 11.1. The predicted octanol–water partition coefficient (Wildman–Crippen LogP) is 2.23. The number of nitrogens with zero attached hydrogens (tertiary/aromatic N) is 3. The fourth-order valence-corrected chi connectivity index (χ4v) is 5.88. The number of carbonyl (C=O) groups is 1. The average molecular weight is 405 g/mol. The van der Waals surface area contributed by atoms with Crippen LogP contribution in [0.5, 0.6) is 0 Å². The third-order valence-corrected chi connectivity index (χ3v) is 8.08. The third-order valence-electron chi connectivity index (χ3n) is 4.81. The summed E-state index contributed by atoms with van der Waals surface area (Å²) in [6.07, 6.45) is 5.02.